The number of carbonyl (C=O) groups is 2. The highest BCUT2D eigenvalue weighted by Gasteiger charge is 2.27. The van der Waals surface area contributed by atoms with Gasteiger partial charge in [-0.05, 0) is 43.5 Å². The van der Waals surface area contributed by atoms with Crippen molar-refractivity contribution in [2.24, 2.45) is 5.92 Å². The van der Waals surface area contributed by atoms with E-state index in [1.54, 1.807) is 6.92 Å². The van der Waals surface area contributed by atoms with Crippen LogP contribution in [0.25, 0.3) is 0 Å². The lowest BCUT2D eigenvalue weighted by Crippen LogP contribution is -2.42. The maximum atomic E-state index is 12.4. The fourth-order valence-electron chi connectivity index (χ4n) is 2.05. The van der Waals surface area contributed by atoms with Crippen LogP contribution in [0.1, 0.15) is 37.6 Å². The van der Waals surface area contributed by atoms with E-state index in [9.17, 15) is 18.0 Å². The molecule has 0 unspecified atom stereocenters. The molecule has 1 aromatic carbocycles. The van der Waals surface area contributed by atoms with Gasteiger partial charge in [-0.15, -0.1) is 0 Å². The van der Waals surface area contributed by atoms with Crippen molar-refractivity contribution in [3.05, 3.63) is 29.8 Å². The van der Waals surface area contributed by atoms with Crippen LogP contribution in [0.5, 0.6) is 0 Å². The van der Waals surface area contributed by atoms with Gasteiger partial charge in [0.05, 0.1) is 24.2 Å². The number of carbonyl (C=O) groups excluding carboxylic acids is 2. The third-order valence-electron chi connectivity index (χ3n) is 3.17. The third-order valence-corrected chi connectivity index (χ3v) is 4.65. The molecule has 0 amide bonds. The summed E-state index contributed by atoms with van der Waals surface area (Å²) >= 11 is 0. The average Bonchev–Trinajstić information content (AvgIpc) is 2.53. The smallest absolute Gasteiger partial charge is 0.338 e. The number of hydrogen-bond donors (Lipinski definition) is 1. The lowest BCUT2D eigenvalue weighted by molar-refractivity contribution is -0.143. The molecule has 0 aliphatic carbocycles. The Balaban J connectivity index is 2.97. The Bertz CT molecular complexity index is 666. The fraction of sp³-hybridized carbons (Fsp3) is 0.500. The van der Waals surface area contributed by atoms with Crippen LogP contribution >= 0.6 is 0 Å². The molecule has 134 valence electrons. The predicted molar refractivity (Wildman–Crippen MR) is 88.0 cm³/mol. The van der Waals surface area contributed by atoms with E-state index in [0.717, 1.165) is 0 Å². The Morgan fingerprint density at radius 3 is 2.21 bits per heavy atom. The van der Waals surface area contributed by atoms with Gasteiger partial charge in [0, 0.05) is 0 Å². The zero-order chi connectivity index (χ0) is 18.3. The van der Waals surface area contributed by atoms with E-state index >= 15 is 0 Å². The van der Waals surface area contributed by atoms with Crippen molar-refractivity contribution in [3.63, 3.8) is 0 Å². The first-order valence-corrected chi connectivity index (χ1v) is 9.07. The van der Waals surface area contributed by atoms with Crippen LogP contribution < -0.4 is 4.72 Å². The van der Waals surface area contributed by atoms with E-state index in [0.29, 0.717) is 6.42 Å². The van der Waals surface area contributed by atoms with Gasteiger partial charge in [-0.1, -0.05) is 13.8 Å². The molecule has 8 heteroatoms. The van der Waals surface area contributed by atoms with Crippen LogP contribution in [0.4, 0.5) is 0 Å². The van der Waals surface area contributed by atoms with Gasteiger partial charge < -0.3 is 9.47 Å². The molecule has 7 nitrogen and oxygen atoms in total. The topological polar surface area (TPSA) is 98.8 Å². The second-order valence-electron chi connectivity index (χ2n) is 5.57. The monoisotopic (exact) mass is 357 g/mol. The van der Waals surface area contributed by atoms with E-state index in [4.69, 9.17) is 4.74 Å². The van der Waals surface area contributed by atoms with Crippen molar-refractivity contribution in [1.29, 1.82) is 0 Å². The molecule has 0 heterocycles. The molecule has 0 bridgehead atoms. The number of nitrogens with one attached hydrogen (secondary N) is 1. The number of esters is 2. The molecule has 0 aliphatic heterocycles. The van der Waals surface area contributed by atoms with E-state index < -0.39 is 28.0 Å². The van der Waals surface area contributed by atoms with E-state index in [-0.39, 0.29) is 23.0 Å². The Labute approximate surface area is 142 Å². The zero-order valence-corrected chi connectivity index (χ0v) is 15.1. The molecule has 1 rings (SSSR count). The summed E-state index contributed by atoms with van der Waals surface area (Å²) in [5.41, 5.74) is 0.252. The highest BCUT2D eigenvalue weighted by atomic mass is 32.2. The van der Waals surface area contributed by atoms with Gasteiger partial charge in [0.25, 0.3) is 0 Å². The van der Waals surface area contributed by atoms with Gasteiger partial charge in [0.15, 0.2) is 0 Å². The standard InChI is InChI=1S/C16H23NO6S/c1-5-23-15(18)12-6-8-13(9-7-12)24(20,21)17-14(10-11(2)3)16(19)22-4/h6-9,11,14,17H,5,10H2,1-4H3/t14-/m0/s1. The summed E-state index contributed by atoms with van der Waals surface area (Å²) in [7, 11) is -2.71. The molecule has 1 N–H and O–H groups in total. The summed E-state index contributed by atoms with van der Waals surface area (Å²) < 4.78 is 36.7. The average molecular weight is 357 g/mol. The summed E-state index contributed by atoms with van der Waals surface area (Å²) in [6, 6.07) is 4.34. The summed E-state index contributed by atoms with van der Waals surface area (Å²) in [5.74, 6) is -1.07. The first kappa shape index (κ1) is 20.1. The van der Waals surface area contributed by atoms with Crippen LogP contribution in [0.2, 0.25) is 0 Å². The summed E-state index contributed by atoms with van der Waals surface area (Å²) in [4.78, 5) is 23.3. The molecule has 0 fully saturated rings. The first-order valence-electron chi connectivity index (χ1n) is 7.58. The normalized spacial score (nSPS) is 12.7. The molecule has 0 saturated carbocycles. The molecule has 0 spiro atoms. The largest absolute Gasteiger partial charge is 0.468 e. The van der Waals surface area contributed by atoms with Crippen molar-refractivity contribution < 1.29 is 27.5 Å². The molecule has 24 heavy (non-hydrogen) atoms. The van der Waals surface area contributed by atoms with Crippen molar-refractivity contribution in [2.75, 3.05) is 13.7 Å². The minimum atomic E-state index is -3.92. The van der Waals surface area contributed by atoms with Crippen LogP contribution in [-0.2, 0) is 24.3 Å². The number of sulfonamides is 1. The van der Waals surface area contributed by atoms with Crippen molar-refractivity contribution in [1.82, 2.24) is 4.72 Å². The molecule has 1 atom stereocenters. The van der Waals surface area contributed by atoms with Crippen LogP contribution in [-0.4, -0.2) is 40.1 Å². The van der Waals surface area contributed by atoms with Crippen LogP contribution in [0.15, 0.2) is 29.2 Å². The maximum Gasteiger partial charge on any atom is 0.338 e. The van der Waals surface area contributed by atoms with E-state index in [1.807, 2.05) is 13.8 Å². The third kappa shape index (κ3) is 5.61. The van der Waals surface area contributed by atoms with Gasteiger partial charge in [-0.3, -0.25) is 4.79 Å². The molecule has 0 saturated heterocycles. The molecular formula is C16H23NO6S. The quantitative estimate of drug-likeness (QED) is 0.712. The number of ether oxygens (including phenoxy) is 2. The Hall–Kier alpha value is -1.93. The molecular weight excluding hydrogens is 334 g/mol. The van der Waals surface area contributed by atoms with Crippen LogP contribution in [0.3, 0.4) is 0 Å². The minimum Gasteiger partial charge on any atom is -0.468 e. The Morgan fingerprint density at radius 2 is 1.75 bits per heavy atom. The highest BCUT2D eigenvalue weighted by Crippen LogP contribution is 2.14. The first-order chi connectivity index (χ1) is 11.2. The number of benzene rings is 1. The van der Waals surface area contributed by atoms with Gasteiger partial charge in [0.2, 0.25) is 10.0 Å². The zero-order valence-electron chi connectivity index (χ0n) is 14.2. The number of methoxy groups -OCH3 is 1. The maximum absolute atomic E-state index is 12.4. The second kappa shape index (κ2) is 8.79. The van der Waals surface area contributed by atoms with Gasteiger partial charge in [-0.2, -0.15) is 4.72 Å². The lowest BCUT2D eigenvalue weighted by Gasteiger charge is -2.18. The van der Waals surface area contributed by atoms with E-state index in [2.05, 4.69) is 9.46 Å². The molecule has 0 aliphatic rings. The lowest BCUT2D eigenvalue weighted by atomic mass is 10.1. The summed E-state index contributed by atoms with van der Waals surface area (Å²) in [6.45, 7) is 5.66. The van der Waals surface area contributed by atoms with Crippen molar-refractivity contribution >= 4 is 22.0 Å². The fourth-order valence-corrected chi connectivity index (χ4v) is 3.24. The Kier molecular flexibility index (Phi) is 7.37. The number of rotatable bonds is 8. The molecule has 0 aromatic heterocycles. The van der Waals surface area contributed by atoms with E-state index in [1.165, 1.54) is 31.4 Å². The Morgan fingerprint density at radius 1 is 1.17 bits per heavy atom. The van der Waals surface area contributed by atoms with Gasteiger partial charge in [-0.25, -0.2) is 13.2 Å². The predicted octanol–water partition coefficient (Wildman–Crippen LogP) is 1.73. The molecule has 0 radical (unpaired) electrons. The SMILES string of the molecule is CCOC(=O)c1ccc(S(=O)(=O)N[C@@H](CC(C)C)C(=O)OC)cc1. The summed E-state index contributed by atoms with van der Waals surface area (Å²) in [6.07, 6.45) is 0.312. The van der Waals surface area contributed by atoms with Gasteiger partial charge in [0.1, 0.15) is 6.04 Å². The second-order valence-corrected chi connectivity index (χ2v) is 7.29. The van der Waals surface area contributed by atoms with Crippen molar-refractivity contribution in [2.45, 2.75) is 38.1 Å². The number of hydrogen-bond acceptors (Lipinski definition) is 6. The highest BCUT2D eigenvalue weighted by molar-refractivity contribution is 7.89. The minimum absolute atomic E-state index is 0.0480. The summed E-state index contributed by atoms with van der Waals surface area (Å²) in [5, 5.41) is 0. The van der Waals surface area contributed by atoms with Crippen molar-refractivity contribution in [3.8, 4) is 0 Å². The molecule has 1 aromatic rings. The van der Waals surface area contributed by atoms with Gasteiger partial charge >= 0.3 is 11.9 Å². The van der Waals surface area contributed by atoms with Crippen LogP contribution in [0, 0.1) is 5.92 Å².